The molecular formula is C17H14Br2ClNO4. The standard InChI is InChI=1S/C17H14Br2ClNO4/c1-9-13(20)11(18)8-12(19)14(9)21-7-5-4-6-10(16(22)24-2)15(21)17(23)25-3/h4-8H,1-3H3. The fourth-order valence-electron chi connectivity index (χ4n) is 2.34. The summed E-state index contributed by atoms with van der Waals surface area (Å²) in [6.07, 6.45) is 6.48. The number of nitrogens with zero attached hydrogens (tertiary/aromatic N) is 1. The molecule has 2 rings (SSSR count). The van der Waals surface area contributed by atoms with E-state index < -0.39 is 11.9 Å². The topological polar surface area (TPSA) is 55.8 Å². The van der Waals surface area contributed by atoms with E-state index in [1.807, 2.05) is 6.92 Å². The second kappa shape index (κ2) is 8.21. The van der Waals surface area contributed by atoms with Crippen molar-refractivity contribution in [2.24, 2.45) is 0 Å². The summed E-state index contributed by atoms with van der Waals surface area (Å²) in [7, 11) is 2.50. The molecule has 0 aromatic heterocycles. The predicted octanol–water partition coefficient (Wildman–Crippen LogP) is 4.66. The quantitative estimate of drug-likeness (QED) is 0.455. The number of methoxy groups -OCH3 is 2. The Morgan fingerprint density at radius 1 is 1.08 bits per heavy atom. The number of halogens is 3. The maximum Gasteiger partial charge on any atom is 0.355 e. The van der Waals surface area contributed by atoms with E-state index in [1.54, 1.807) is 29.3 Å². The second-order valence-electron chi connectivity index (χ2n) is 4.94. The van der Waals surface area contributed by atoms with Crippen LogP contribution < -0.4 is 4.90 Å². The van der Waals surface area contributed by atoms with Gasteiger partial charge in [0.25, 0.3) is 0 Å². The van der Waals surface area contributed by atoms with Gasteiger partial charge in [-0.1, -0.05) is 17.7 Å². The van der Waals surface area contributed by atoms with Gasteiger partial charge in [0.15, 0.2) is 0 Å². The van der Waals surface area contributed by atoms with Gasteiger partial charge in [-0.25, -0.2) is 9.59 Å². The summed E-state index contributed by atoms with van der Waals surface area (Å²) in [4.78, 5) is 26.2. The molecule has 0 unspecified atom stereocenters. The van der Waals surface area contributed by atoms with Crippen LogP contribution in [0.4, 0.5) is 5.69 Å². The highest BCUT2D eigenvalue weighted by Crippen LogP contribution is 2.41. The molecule has 5 nitrogen and oxygen atoms in total. The van der Waals surface area contributed by atoms with Gasteiger partial charge in [-0.05, 0) is 62.6 Å². The number of hydrogen-bond donors (Lipinski definition) is 0. The van der Waals surface area contributed by atoms with Crippen LogP contribution in [0.3, 0.4) is 0 Å². The van der Waals surface area contributed by atoms with Gasteiger partial charge in [-0.3, -0.25) is 0 Å². The van der Waals surface area contributed by atoms with Crippen molar-refractivity contribution in [3.63, 3.8) is 0 Å². The molecule has 0 bridgehead atoms. The highest BCUT2D eigenvalue weighted by molar-refractivity contribution is 9.11. The molecular weight excluding hydrogens is 477 g/mol. The Kier molecular flexibility index (Phi) is 6.48. The second-order valence-corrected chi connectivity index (χ2v) is 7.03. The van der Waals surface area contributed by atoms with E-state index in [-0.39, 0.29) is 11.3 Å². The Hall–Kier alpha value is -1.57. The molecule has 1 aliphatic heterocycles. The van der Waals surface area contributed by atoms with Crippen LogP contribution in [0.1, 0.15) is 5.56 Å². The third-order valence-corrected chi connectivity index (χ3v) is 5.45. The van der Waals surface area contributed by atoms with Gasteiger partial charge in [0.05, 0.1) is 30.5 Å². The minimum Gasteiger partial charge on any atom is -0.465 e. The average Bonchev–Trinajstić information content (AvgIpc) is 2.81. The molecule has 0 fully saturated rings. The Morgan fingerprint density at radius 3 is 2.32 bits per heavy atom. The molecule has 0 saturated heterocycles. The fourth-order valence-corrected chi connectivity index (χ4v) is 4.03. The highest BCUT2D eigenvalue weighted by atomic mass is 79.9. The van der Waals surface area contributed by atoms with Crippen LogP contribution in [0.25, 0.3) is 0 Å². The van der Waals surface area contributed by atoms with Gasteiger partial charge < -0.3 is 14.4 Å². The van der Waals surface area contributed by atoms with Crippen LogP contribution in [0.15, 0.2) is 50.7 Å². The molecule has 0 aliphatic carbocycles. The van der Waals surface area contributed by atoms with Gasteiger partial charge >= 0.3 is 11.9 Å². The number of esters is 2. The molecule has 0 N–H and O–H groups in total. The van der Waals surface area contributed by atoms with Crippen molar-refractivity contribution in [1.29, 1.82) is 0 Å². The van der Waals surface area contributed by atoms with Crippen LogP contribution in [0, 0.1) is 6.92 Å². The van der Waals surface area contributed by atoms with Crippen molar-refractivity contribution in [2.45, 2.75) is 6.92 Å². The zero-order valence-electron chi connectivity index (χ0n) is 13.6. The number of ether oxygens (including phenoxy) is 2. The molecule has 0 atom stereocenters. The number of carbonyl (C=O) groups excluding carboxylic acids is 2. The van der Waals surface area contributed by atoms with Crippen molar-refractivity contribution in [1.82, 2.24) is 0 Å². The molecule has 0 saturated carbocycles. The Balaban J connectivity index is 2.81. The van der Waals surface area contributed by atoms with Crippen LogP contribution in [0.5, 0.6) is 0 Å². The normalized spacial score (nSPS) is 13.8. The lowest BCUT2D eigenvalue weighted by atomic mass is 10.1. The SMILES string of the molecule is COC(=O)C1=C(C(=O)OC)N(c2c(Br)cc(Br)c(Cl)c2C)C=CC=C1. The molecule has 1 aliphatic rings. The Labute approximate surface area is 167 Å². The lowest BCUT2D eigenvalue weighted by molar-refractivity contribution is -0.139. The summed E-state index contributed by atoms with van der Waals surface area (Å²) in [5, 5.41) is 0.493. The first-order valence-electron chi connectivity index (χ1n) is 7.02. The molecule has 25 heavy (non-hydrogen) atoms. The van der Waals surface area contributed by atoms with Crippen molar-refractivity contribution in [3.8, 4) is 0 Å². The van der Waals surface area contributed by atoms with Crippen LogP contribution in [-0.4, -0.2) is 26.2 Å². The predicted molar refractivity (Wildman–Crippen MR) is 103 cm³/mol. The summed E-state index contributed by atoms with van der Waals surface area (Å²) in [6, 6.07) is 1.77. The maximum absolute atomic E-state index is 12.5. The maximum atomic E-state index is 12.5. The lowest BCUT2D eigenvalue weighted by Crippen LogP contribution is -2.27. The zero-order valence-corrected chi connectivity index (χ0v) is 17.5. The third kappa shape index (κ3) is 3.83. The molecule has 1 aromatic rings. The number of anilines is 1. The summed E-state index contributed by atoms with van der Waals surface area (Å²) in [5.41, 5.74) is 1.42. The van der Waals surface area contributed by atoms with E-state index in [4.69, 9.17) is 21.1 Å². The van der Waals surface area contributed by atoms with Crippen LogP contribution in [-0.2, 0) is 19.1 Å². The van der Waals surface area contributed by atoms with Gasteiger partial charge in [0.2, 0.25) is 0 Å². The fraction of sp³-hybridized carbons (Fsp3) is 0.176. The smallest absolute Gasteiger partial charge is 0.355 e. The molecule has 132 valence electrons. The van der Waals surface area contributed by atoms with Crippen molar-refractivity contribution in [2.75, 3.05) is 19.1 Å². The van der Waals surface area contributed by atoms with Crippen molar-refractivity contribution < 1.29 is 19.1 Å². The highest BCUT2D eigenvalue weighted by Gasteiger charge is 2.30. The van der Waals surface area contributed by atoms with Crippen molar-refractivity contribution >= 4 is 61.1 Å². The van der Waals surface area contributed by atoms with Crippen molar-refractivity contribution in [3.05, 3.63) is 61.3 Å². The van der Waals surface area contributed by atoms with Crippen LogP contribution in [0.2, 0.25) is 5.02 Å². The number of carbonyl (C=O) groups is 2. The monoisotopic (exact) mass is 489 g/mol. The van der Waals surface area contributed by atoms with E-state index in [0.717, 1.165) is 0 Å². The Bertz CT molecular complexity index is 830. The number of allylic oxidation sites excluding steroid dienone is 2. The number of hydrogen-bond acceptors (Lipinski definition) is 5. The van der Waals surface area contributed by atoms with Gasteiger partial charge in [-0.2, -0.15) is 0 Å². The zero-order chi connectivity index (χ0) is 18.7. The first kappa shape index (κ1) is 19.8. The van der Waals surface area contributed by atoms with E-state index in [0.29, 0.717) is 25.2 Å². The van der Waals surface area contributed by atoms with Gasteiger partial charge in [0, 0.05) is 15.1 Å². The molecule has 0 radical (unpaired) electrons. The van der Waals surface area contributed by atoms with E-state index >= 15 is 0 Å². The lowest BCUT2D eigenvalue weighted by Gasteiger charge is -2.26. The largest absolute Gasteiger partial charge is 0.465 e. The first-order chi connectivity index (χ1) is 11.8. The summed E-state index contributed by atoms with van der Waals surface area (Å²) in [5.74, 6) is -1.33. The minimum absolute atomic E-state index is 0.0292. The average molecular weight is 492 g/mol. The third-order valence-electron chi connectivity index (χ3n) is 3.50. The van der Waals surface area contributed by atoms with E-state index in [2.05, 4.69) is 31.9 Å². The Morgan fingerprint density at radius 2 is 1.72 bits per heavy atom. The molecule has 1 heterocycles. The number of benzene rings is 1. The summed E-state index contributed by atoms with van der Waals surface area (Å²) in [6.45, 7) is 1.81. The summed E-state index contributed by atoms with van der Waals surface area (Å²) >= 11 is 13.2. The van der Waals surface area contributed by atoms with Gasteiger partial charge in [0.1, 0.15) is 5.70 Å². The van der Waals surface area contributed by atoms with E-state index in [1.165, 1.54) is 20.3 Å². The van der Waals surface area contributed by atoms with Gasteiger partial charge in [-0.15, -0.1) is 0 Å². The molecule has 8 heteroatoms. The summed E-state index contributed by atoms with van der Waals surface area (Å²) < 4.78 is 11.1. The molecule has 0 amide bonds. The molecule has 1 aromatic carbocycles. The van der Waals surface area contributed by atoms with Crippen LogP contribution >= 0.6 is 43.5 Å². The molecule has 0 spiro atoms. The van der Waals surface area contributed by atoms with E-state index in [9.17, 15) is 9.59 Å². The minimum atomic E-state index is -0.679. The number of rotatable bonds is 3. The first-order valence-corrected chi connectivity index (χ1v) is 8.99.